The molecule has 0 aromatic heterocycles. The monoisotopic (exact) mass is 228 g/mol. The molecule has 4 heteroatoms. The van der Waals surface area contributed by atoms with Gasteiger partial charge in [0.2, 0.25) is 5.91 Å². The zero-order chi connectivity index (χ0) is 11.5. The minimum Gasteiger partial charge on any atom is -0.393 e. The Labute approximate surface area is 97.0 Å². The summed E-state index contributed by atoms with van der Waals surface area (Å²) in [5.74, 6) is 0.247. The Bertz CT molecular complexity index is 259. The molecule has 0 atom stereocenters. The topological polar surface area (TPSA) is 46.3 Å². The average molecular weight is 228 g/mol. The van der Waals surface area contributed by atoms with Crippen LogP contribution in [0.25, 0.3) is 0 Å². The van der Waals surface area contributed by atoms with E-state index in [1.165, 1.54) is 12.8 Å². The van der Waals surface area contributed by atoms with Crippen molar-refractivity contribution in [3.63, 3.8) is 0 Å². The van der Waals surface area contributed by atoms with Crippen LogP contribution < -0.4 is 5.73 Å². The maximum absolute atomic E-state index is 12.1. The fourth-order valence-corrected chi connectivity index (χ4v) is 2.30. The third-order valence-electron chi connectivity index (χ3n) is 3.26. The summed E-state index contributed by atoms with van der Waals surface area (Å²) in [7, 11) is 1.84. The van der Waals surface area contributed by atoms with Crippen LogP contribution in [0.15, 0.2) is 0 Å². The summed E-state index contributed by atoms with van der Waals surface area (Å²) in [5, 5.41) is 0. The number of hydrogen-bond acceptors (Lipinski definition) is 2. The van der Waals surface area contributed by atoms with E-state index in [0.717, 1.165) is 12.8 Å². The quantitative estimate of drug-likeness (QED) is 0.745. The van der Waals surface area contributed by atoms with Crippen LogP contribution in [0.4, 0.5) is 0 Å². The highest BCUT2D eigenvalue weighted by Gasteiger charge is 2.37. The van der Waals surface area contributed by atoms with Gasteiger partial charge in [0.1, 0.15) is 0 Å². The van der Waals surface area contributed by atoms with Gasteiger partial charge in [-0.15, -0.1) is 0 Å². The molecule has 1 amide bonds. The number of thiocarbonyl (C=S) groups is 1. The largest absolute Gasteiger partial charge is 0.393 e. The minimum atomic E-state index is -0.134. The normalized spacial score (nSPS) is 18.8. The Kier molecular flexibility index (Phi) is 4.08. The third kappa shape index (κ3) is 3.16. The van der Waals surface area contributed by atoms with Crippen molar-refractivity contribution in [2.24, 2.45) is 11.1 Å². The lowest BCUT2D eigenvalue weighted by Gasteiger charge is -2.28. The zero-order valence-corrected chi connectivity index (χ0v) is 10.4. The van der Waals surface area contributed by atoms with E-state index in [2.05, 4.69) is 6.92 Å². The molecule has 86 valence electrons. The molecule has 1 saturated carbocycles. The van der Waals surface area contributed by atoms with Gasteiger partial charge in [0.05, 0.1) is 4.99 Å². The maximum atomic E-state index is 12.1. The van der Waals surface area contributed by atoms with E-state index in [9.17, 15) is 4.79 Å². The highest BCUT2D eigenvalue weighted by atomic mass is 32.1. The van der Waals surface area contributed by atoms with Crippen LogP contribution in [0.5, 0.6) is 0 Å². The van der Waals surface area contributed by atoms with E-state index in [-0.39, 0.29) is 11.3 Å². The van der Waals surface area contributed by atoms with Crippen LogP contribution >= 0.6 is 12.2 Å². The second kappa shape index (κ2) is 4.92. The van der Waals surface area contributed by atoms with Gasteiger partial charge in [-0.3, -0.25) is 4.79 Å². The van der Waals surface area contributed by atoms with Gasteiger partial charge < -0.3 is 10.6 Å². The summed E-state index contributed by atoms with van der Waals surface area (Å²) in [4.78, 5) is 14.4. The van der Waals surface area contributed by atoms with Crippen LogP contribution in [0.2, 0.25) is 0 Å². The highest BCUT2D eigenvalue weighted by molar-refractivity contribution is 7.80. The van der Waals surface area contributed by atoms with E-state index < -0.39 is 0 Å². The molecule has 0 saturated heterocycles. The Hall–Kier alpha value is -0.640. The summed E-state index contributed by atoms with van der Waals surface area (Å²) in [6.07, 6.45) is 5.00. The van der Waals surface area contributed by atoms with Crippen LogP contribution in [0.1, 0.15) is 39.0 Å². The van der Waals surface area contributed by atoms with Crippen LogP contribution in [0, 0.1) is 5.41 Å². The molecule has 15 heavy (non-hydrogen) atoms. The Morgan fingerprint density at radius 2 is 2.00 bits per heavy atom. The molecule has 0 spiro atoms. The molecular weight excluding hydrogens is 208 g/mol. The number of hydrogen-bond donors (Lipinski definition) is 1. The number of nitrogens with zero attached hydrogens (tertiary/aromatic N) is 1. The summed E-state index contributed by atoms with van der Waals surface area (Å²) in [5.41, 5.74) is 5.29. The lowest BCUT2D eigenvalue weighted by Crippen LogP contribution is -2.39. The standard InChI is InChI=1S/C11H20N2OS/c1-11(6-3-4-7-11)10(14)13(2)8-5-9(12)15/h3-8H2,1-2H3,(H2,12,15). The van der Waals surface area contributed by atoms with E-state index in [1.807, 2.05) is 7.05 Å². The molecule has 0 radical (unpaired) electrons. The Morgan fingerprint density at radius 1 is 1.47 bits per heavy atom. The lowest BCUT2D eigenvalue weighted by molar-refractivity contribution is -0.139. The molecular formula is C11H20N2OS. The molecule has 1 aliphatic rings. The van der Waals surface area contributed by atoms with Gasteiger partial charge in [0, 0.05) is 25.4 Å². The van der Waals surface area contributed by atoms with Gasteiger partial charge in [0.25, 0.3) is 0 Å². The number of carbonyl (C=O) groups excluding carboxylic acids is 1. The zero-order valence-electron chi connectivity index (χ0n) is 9.58. The second-order valence-corrected chi connectivity index (χ2v) is 5.24. The van der Waals surface area contributed by atoms with Crippen LogP contribution in [0.3, 0.4) is 0 Å². The molecule has 0 unspecified atom stereocenters. The smallest absolute Gasteiger partial charge is 0.228 e. The maximum Gasteiger partial charge on any atom is 0.228 e. The molecule has 0 aliphatic heterocycles. The van der Waals surface area contributed by atoms with Crippen LogP contribution in [-0.2, 0) is 4.79 Å². The van der Waals surface area contributed by atoms with Crippen LogP contribution in [-0.4, -0.2) is 29.4 Å². The van der Waals surface area contributed by atoms with Crippen molar-refractivity contribution < 1.29 is 4.79 Å². The van der Waals surface area contributed by atoms with Crippen molar-refractivity contribution in [2.75, 3.05) is 13.6 Å². The van der Waals surface area contributed by atoms with E-state index in [1.54, 1.807) is 4.90 Å². The van der Waals surface area contributed by atoms with Crippen molar-refractivity contribution in [1.82, 2.24) is 4.90 Å². The fraction of sp³-hybridized carbons (Fsp3) is 0.818. The fourth-order valence-electron chi connectivity index (χ4n) is 2.21. The van der Waals surface area contributed by atoms with E-state index in [0.29, 0.717) is 18.0 Å². The minimum absolute atomic E-state index is 0.134. The summed E-state index contributed by atoms with van der Waals surface area (Å²) >= 11 is 4.80. The van der Waals surface area contributed by atoms with Gasteiger partial charge in [-0.2, -0.15) is 0 Å². The van der Waals surface area contributed by atoms with Crippen molar-refractivity contribution in [2.45, 2.75) is 39.0 Å². The number of rotatable bonds is 4. The molecule has 0 aromatic carbocycles. The predicted molar refractivity (Wildman–Crippen MR) is 65.6 cm³/mol. The van der Waals surface area contributed by atoms with Crippen molar-refractivity contribution in [3.05, 3.63) is 0 Å². The highest BCUT2D eigenvalue weighted by Crippen LogP contribution is 2.38. The Balaban J connectivity index is 2.48. The first-order valence-electron chi connectivity index (χ1n) is 5.49. The third-order valence-corrected chi connectivity index (χ3v) is 3.47. The molecule has 1 rings (SSSR count). The van der Waals surface area contributed by atoms with Gasteiger partial charge in [-0.05, 0) is 12.8 Å². The first-order chi connectivity index (χ1) is 6.96. The first kappa shape index (κ1) is 12.4. The molecule has 3 nitrogen and oxygen atoms in total. The summed E-state index contributed by atoms with van der Waals surface area (Å²) < 4.78 is 0. The van der Waals surface area contributed by atoms with Gasteiger partial charge in [0.15, 0.2) is 0 Å². The van der Waals surface area contributed by atoms with Gasteiger partial charge >= 0.3 is 0 Å². The molecule has 0 heterocycles. The summed E-state index contributed by atoms with van der Waals surface area (Å²) in [6.45, 7) is 2.71. The molecule has 0 aromatic rings. The van der Waals surface area contributed by atoms with E-state index in [4.69, 9.17) is 18.0 Å². The number of nitrogens with two attached hydrogens (primary N) is 1. The molecule has 1 aliphatic carbocycles. The van der Waals surface area contributed by atoms with E-state index >= 15 is 0 Å². The van der Waals surface area contributed by atoms with Crippen molar-refractivity contribution in [3.8, 4) is 0 Å². The first-order valence-corrected chi connectivity index (χ1v) is 5.90. The second-order valence-electron chi connectivity index (χ2n) is 4.71. The number of amides is 1. The number of carbonyl (C=O) groups is 1. The van der Waals surface area contributed by atoms with Crippen molar-refractivity contribution >= 4 is 23.1 Å². The van der Waals surface area contributed by atoms with Gasteiger partial charge in [-0.25, -0.2) is 0 Å². The molecule has 0 bridgehead atoms. The average Bonchev–Trinajstić information content (AvgIpc) is 2.61. The molecule has 1 fully saturated rings. The van der Waals surface area contributed by atoms with Crippen molar-refractivity contribution in [1.29, 1.82) is 0 Å². The lowest BCUT2D eigenvalue weighted by atomic mass is 9.87. The Morgan fingerprint density at radius 3 is 2.47 bits per heavy atom. The summed E-state index contributed by atoms with van der Waals surface area (Å²) in [6, 6.07) is 0. The molecule has 2 N–H and O–H groups in total. The predicted octanol–water partition coefficient (Wildman–Crippen LogP) is 1.70. The SMILES string of the molecule is CN(CCC(N)=S)C(=O)C1(C)CCCC1. The van der Waals surface area contributed by atoms with Gasteiger partial charge in [-0.1, -0.05) is 32.0 Å².